The summed E-state index contributed by atoms with van der Waals surface area (Å²) in [5, 5.41) is 0.360. The largest absolute Gasteiger partial charge is 0.296 e. The van der Waals surface area contributed by atoms with E-state index in [1.165, 1.54) is 33.4 Å². The van der Waals surface area contributed by atoms with Crippen molar-refractivity contribution in [2.75, 3.05) is 13.1 Å². The Balaban J connectivity index is 1.57. The van der Waals surface area contributed by atoms with Crippen LogP contribution in [0.15, 0.2) is 58.5 Å². The third kappa shape index (κ3) is 3.22. The van der Waals surface area contributed by atoms with Crippen LogP contribution >= 0.6 is 0 Å². The number of halogens is 1. The number of hydrogen-bond donors (Lipinski definition) is 0. The lowest BCUT2D eigenvalue weighted by atomic mass is 10.1. The average molecular weight is 401 g/mol. The molecule has 0 unspecified atom stereocenters. The van der Waals surface area contributed by atoms with Crippen LogP contribution in [0.1, 0.15) is 24.4 Å². The van der Waals surface area contributed by atoms with Crippen LogP contribution in [-0.4, -0.2) is 35.4 Å². The van der Waals surface area contributed by atoms with Crippen LogP contribution in [0.25, 0.3) is 10.9 Å². The summed E-state index contributed by atoms with van der Waals surface area (Å²) < 4.78 is 42.2. The fourth-order valence-corrected chi connectivity index (χ4v) is 5.41. The van der Waals surface area contributed by atoms with E-state index in [-0.39, 0.29) is 11.6 Å². The van der Waals surface area contributed by atoms with Gasteiger partial charge in [0, 0.05) is 25.2 Å². The monoisotopic (exact) mass is 401 g/mol. The van der Waals surface area contributed by atoms with E-state index in [0.29, 0.717) is 47.3 Å². The first-order chi connectivity index (χ1) is 13.4. The molecule has 2 heterocycles. The van der Waals surface area contributed by atoms with Gasteiger partial charge in [-0.3, -0.25) is 9.36 Å². The predicted molar refractivity (Wildman–Crippen MR) is 104 cm³/mol. The first-order valence-corrected chi connectivity index (χ1v) is 10.5. The Morgan fingerprint density at radius 2 is 1.82 bits per heavy atom. The van der Waals surface area contributed by atoms with Crippen LogP contribution in [0.3, 0.4) is 0 Å². The van der Waals surface area contributed by atoms with Crippen molar-refractivity contribution in [3.8, 4) is 0 Å². The average Bonchev–Trinajstić information content (AvgIpc) is 2.68. The summed E-state index contributed by atoms with van der Waals surface area (Å²) in [6.07, 6.45) is 2.46. The number of hydrogen-bond acceptors (Lipinski definition) is 4. The van der Waals surface area contributed by atoms with Gasteiger partial charge < -0.3 is 0 Å². The second kappa shape index (κ2) is 7.10. The Morgan fingerprint density at radius 1 is 1.11 bits per heavy atom. The predicted octanol–water partition coefficient (Wildman–Crippen LogP) is 2.87. The maximum Gasteiger partial charge on any atom is 0.261 e. The van der Waals surface area contributed by atoms with Crippen LogP contribution in [0.2, 0.25) is 0 Å². The molecule has 0 aliphatic carbocycles. The first kappa shape index (κ1) is 18.8. The Hall–Kier alpha value is -2.58. The SMILES string of the molecule is Cc1ccccc1S(=O)(=O)N1CCC(n2cnc3cc(F)ccc3c2=O)CC1. The number of rotatable bonds is 3. The molecule has 146 valence electrons. The zero-order valence-electron chi connectivity index (χ0n) is 15.4. The van der Waals surface area contributed by atoms with Gasteiger partial charge in [0.15, 0.2) is 0 Å². The standard InChI is InChI=1S/C20H20FN3O3S/c1-14-4-2-3-5-19(14)28(26,27)23-10-8-16(9-11-23)24-13-22-18-12-15(21)6-7-17(18)20(24)25/h2-7,12-13,16H,8-11H2,1H3. The molecule has 1 aliphatic heterocycles. The van der Waals surface area contributed by atoms with E-state index < -0.39 is 15.8 Å². The molecule has 1 saturated heterocycles. The van der Waals surface area contributed by atoms with Gasteiger partial charge >= 0.3 is 0 Å². The highest BCUT2D eigenvalue weighted by atomic mass is 32.2. The molecule has 6 nitrogen and oxygen atoms in total. The lowest BCUT2D eigenvalue weighted by molar-refractivity contribution is 0.269. The number of sulfonamides is 1. The molecule has 0 bridgehead atoms. The van der Waals surface area contributed by atoms with Crippen LogP contribution < -0.4 is 5.56 Å². The highest BCUT2D eigenvalue weighted by Crippen LogP contribution is 2.27. The number of piperidine rings is 1. The zero-order valence-corrected chi connectivity index (χ0v) is 16.2. The molecule has 1 aliphatic rings. The Labute approximate surface area is 162 Å². The van der Waals surface area contributed by atoms with Crippen molar-refractivity contribution in [1.29, 1.82) is 0 Å². The molecule has 4 rings (SSSR count). The van der Waals surface area contributed by atoms with E-state index >= 15 is 0 Å². The maximum absolute atomic E-state index is 13.3. The number of benzene rings is 2. The van der Waals surface area contributed by atoms with E-state index in [1.54, 1.807) is 25.1 Å². The molecule has 8 heteroatoms. The van der Waals surface area contributed by atoms with Gasteiger partial charge in [0.25, 0.3) is 5.56 Å². The first-order valence-electron chi connectivity index (χ1n) is 9.10. The van der Waals surface area contributed by atoms with Gasteiger partial charge in [-0.25, -0.2) is 17.8 Å². The summed E-state index contributed by atoms with van der Waals surface area (Å²) in [7, 11) is -3.56. The number of aromatic nitrogens is 2. The van der Waals surface area contributed by atoms with Crippen molar-refractivity contribution in [2.45, 2.75) is 30.7 Å². The smallest absolute Gasteiger partial charge is 0.261 e. The number of nitrogens with zero attached hydrogens (tertiary/aromatic N) is 3. The maximum atomic E-state index is 13.3. The minimum absolute atomic E-state index is 0.141. The minimum atomic E-state index is -3.56. The molecule has 2 aromatic carbocycles. The van der Waals surface area contributed by atoms with Crippen molar-refractivity contribution < 1.29 is 12.8 Å². The molecule has 0 radical (unpaired) electrons. The highest BCUT2D eigenvalue weighted by molar-refractivity contribution is 7.89. The second-order valence-corrected chi connectivity index (χ2v) is 8.93. The molecule has 0 saturated carbocycles. The van der Waals surface area contributed by atoms with E-state index in [2.05, 4.69) is 4.98 Å². The molecule has 0 amide bonds. The zero-order chi connectivity index (χ0) is 19.9. The van der Waals surface area contributed by atoms with Crippen molar-refractivity contribution in [3.63, 3.8) is 0 Å². The fraction of sp³-hybridized carbons (Fsp3) is 0.300. The number of fused-ring (bicyclic) bond motifs is 1. The molecule has 1 aromatic heterocycles. The molecule has 28 heavy (non-hydrogen) atoms. The summed E-state index contributed by atoms with van der Waals surface area (Å²) in [5.74, 6) is -0.438. The summed E-state index contributed by atoms with van der Waals surface area (Å²) >= 11 is 0. The van der Waals surface area contributed by atoms with Crippen molar-refractivity contribution in [2.24, 2.45) is 0 Å². The molecule has 1 fully saturated rings. The van der Waals surface area contributed by atoms with Gasteiger partial charge in [-0.1, -0.05) is 18.2 Å². The summed E-state index contributed by atoms with van der Waals surface area (Å²) in [6, 6.07) is 10.7. The lowest BCUT2D eigenvalue weighted by Crippen LogP contribution is -2.41. The Kier molecular flexibility index (Phi) is 4.76. The third-order valence-corrected chi connectivity index (χ3v) is 7.33. The van der Waals surface area contributed by atoms with Gasteiger partial charge in [-0.15, -0.1) is 0 Å². The topological polar surface area (TPSA) is 72.3 Å². The number of aryl methyl sites for hydroxylation is 1. The van der Waals surface area contributed by atoms with Gasteiger partial charge in [-0.05, 0) is 43.5 Å². The van der Waals surface area contributed by atoms with Crippen molar-refractivity contribution in [3.05, 3.63) is 70.5 Å². The molecule has 0 spiro atoms. The normalized spacial score (nSPS) is 16.5. The van der Waals surface area contributed by atoms with Gasteiger partial charge in [-0.2, -0.15) is 4.31 Å². The Morgan fingerprint density at radius 3 is 2.54 bits per heavy atom. The van der Waals surface area contributed by atoms with E-state index in [4.69, 9.17) is 0 Å². The third-order valence-electron chi connectivity index (χ3n) is 5.27. The van der Waals surface area contributed by atoms with E-state index in [1.807, 2.05) is 6.07 Å². The molecular weight excluding hydrogens is 381 g/mol. The van der Waals surface area contributed by atoms with E-state index in [9.17, 15) is 17.6 Å². The molecular formula is C20H20FN3O3S. The quantitative estimate of drug-likeness (QED) is 0.677. The van der Waals surface area contributed by atoms with Crippen molar-refractivity contribution >= 4 is 20.9 Å². The Bertz CT molecular complexity index is 1200. The van der Waals surface area contributed by atoms with E-state index in [0.717, 1.165) is 0 Å². The van der Waals surface area contributed by atoms with Gasteiger partial charge in [0.2, 0.25) is 10.0 Å². The van der Waals surface area contributed by atoms with Gasteiger partial charge in [0.1, 0.15) is 5.82 Å². The van der Waals surface area contributed by atoms with Crippen LogP contribution in [0.4, 0.5) is 4.39 Å². The summed E-state index contributed by atoms with van der Waals surface area (Å²) in [4.78, 5) is 17.3. The highest BCUT2D eigenvalue weighted by Gasteiger charge is 2.31. The van der Waals surface area contributed by atoms with Crippen LogP contribution in [0, 0.1) is 12.7 Å². The van der Waals surface area contributed by atoms with Crippen LogP contribution in [0.5, 0.6) is 0 Å². The minimum Gasteiger partial charge on any atom is -0.296 e. The second-order valence-electron chi connectivity index (χ2n) is 7.02. The summed E-state index contributed by atoms with van der Waals surface area (Å²) in [6.45, 7) is 2.44. The molecule has 0 N–H and O–H groups in total. The lowest BCUT2D eigenvalue weighted by Gasteiger charge is -2.32. The summed E-state index contributed by atoms with van der Waals surface area (Å²) in [5.41, 5.74) is 0.804. The van der Waals surface area contributed by atoms with Crippen molar-refractivity contribution in [1.82, 2.24) is 13.9 Å². The van der Waals surface area contributed by atoms with Crippen LogP contribution in [-0.2, 0) is 10.0 Å². The van der Waals surface area contributed by atoms with Gasteiger partial charge in [0.05, 0.1) is 22.1 Å². The fourth-order valence-electron chi connectivity index (χ4n) is 3.71. The molecule has 0 atom stereocenters. The molecule has 3 aromatic rings.